The fourth-order valence-electron chi connectivity index (χ4n) is 1.15. The molecule has 5 heteroatoms. The van der Waals surface area contributed by atoms with E-state index in [-0.39, 0.29) is 5.69 Å². The van der Waals surface area contributed by atoms with Crippen LogP contribution < -0.4 is 0 Å². The lowest BCUT2D eigenvalue weighted by molar-refractivity contribution is 0.611. The fourth-order valence-corrected chi connectivity index (χ4v) is 1.15. The maximum atomic E-state index is 13.3. The van der Waals surface area contributed by atoms with Crippen molar-refractivity contribution in [2.24, 2.45) is 5.18 Å². The number of nitrogens with zero attached hydrogens (tertiary/aromatic N) is 3. The van der Waals surface area contributed by atoms with Gasteiger partial charge in [-0.3, -0.25) is 0 Å². The van der Waals surface area contributed by atoms with E-state index in [0.29, 0.717) is 5.69 Å². The third-order valence-corrected chi connectivity index (χ3v) is 1.79. The van der Waals surface area contributed by atoms with Crippen molar-refractivity contribution in [1.82, 2.24) is 9.78 Å². The predicted octanol–water partition coefficient (Wildman–Crippen LogP) is 2.41. The summed E-state index contributed by atoms with van der Waals surface area (Å²) in [4.78, 5) is 10.1. The Morgan fingerprint density at radius 3 is 2.86 bits per heavy atom. The minimum Gasteiger partial charge on any atom is -0.238 e. The predicted molar refractivity (Wildman–Crippen MR) is 49.0 cm³/mol. The highest BCUT2D eigenvalue weighted by atomic mass is 19.1. The second-order valence-electron chi connectivity index (χ2n) is 2.68. The van der Waals surface area contributed by atoms with Gasteiger partial charge in [0.15, 0.2) is 5.82 Å². The summed E-state index contributed by atoms with van der Waals surface area (Å²) < 4.78 is 14.7. The highest BCUT2D eigenvalue weighted by molar-refractivity contribution is 5.45. The molecular formula is C9H6FN3O. The van der Waals surface area contributed by atoms with Crippen molar-refractivity contribution in [3.05, 3.63) is 47.4 Å². The molecule has 0 N–H and O–H groups in total. The van der Waals surface area contributed by atoms with E-state index in [9.17, 15) is 9.30 Å². The monoisotopic (exact) mass is 191 g/mol. The molecule has 0 radical (unpaired) electrons. The SMILES string of the molecule is O=Nc1ccc(-n2cccn2)c(F)c1. The molecule has 0 saturated carbocycles. The summed E-state index contributed by atoms with van der Waals surface area (Å²) in [6, 6.07) is 5.65. The first-order valence-electron chi connectivity index (χ1n) is 3.94. The third kappa shape index (κ3) is 1.39. The van der Waals surface area contributed by atoms with E-state index >= 15 is 0 Å². The van der Waals surface area contributed by atoms with Crippen molar-refractivity contribution < 1.29 is 4.39 Å². The molecule has 2 aromatic rings. The highest BCUT2D eigenvalue weighted by Gasteiger charge is 2.05. The Bertz CT molecular complexity index is 453. The quantitative estimate of drug-likeness (QED) is 0.684. The molecule has 0 atom stereocenters. The zero-order valence-electron chi connectivity index (χ0n) is 7.09. The molecule has 0 fully saturated rings. The summed E-state index contributed by atoms with van der Waals surface area (Å²) in [5.74, 6) is -0.522. The molecule has 1 aromatic heterocycles. The lowest BCUT2D eigenvalue weighted by Crippen LogP contribution is -1.97. The van der Waals surface area contributed by atoms with Crippen molar-refractivity contribution in [3.8, 4) is 5.69 Å². The van der Waals surface area contributed by atoms with Crippen LogP contribution in [0.2, 0.25) is 0 Å². The first-order valence-corrected chi connectivity index (χ1v) is 3.94. The largest absolute Gasteiger partial charge is 0.238 e. The van der Waals surface area contributed by atoms with E-state index in [0.717, 1.165) is 6.07 Å². The summed E-state index contributed by atoms with van der Waals surface area (Å²) in [6.07, 6.45) is 3.16. The van der Waals surface area contributed by atoms with Gasteiger partial charge in [0, 0.05) is 18.5 Å². The van der Waals surface area contributed by atoms with Crippen LogP contribution in [0.25, 0.3) is 5.69 Å². The van der Waals surface area contributed by atoms with E-state index in [1.54, 1.807) is 18.5 Å². The fraction of sp³-hybridized carbons (Fsp3) is 0. The van der Waals surface area contributed by atoms with E-state index in [4.69, 9.17) is 0 Å². The molecule has 0 aliphatic heterocycles. The Hall–Kier alpha value is -2.04. The van der Waals surface area contributed by atoms with Gasteiger partial charge in [-0.1, -0.05) is 0 Å². The summed E-state index contributed by atoms with van der Waals surface area (Å²) in [7, 11) is 0. The molecule has 0 bridgehead atoms. The standard InChI is InChI=1S/C9H6FN3O/c10-8-6-7(12-14)2-3-9(8)13-5-1-4-11-13/h1-6H. The average Bonchev–Trinajstić information content (AvgIpc) is 2.70. The van der Waals surface area contributed by atoms with Gasteiger partial charge >= 0.3 is 0 Å². The third-order valence-electron chi connectivity index (χ3n) is 1.79. The molecule has 0 aliphatic rings. The van der Waals surface area contributed by atoms with E-state index < -0.39 is 5.82 Å². The van der Waals surface area contributed by atoms with Gasteiger partial charge in [0.1, 0.15) is 11.4 Å². The van der Waals surface area contributed by atoms with Gasteiger partial charge in [-0.2, -0.15) is 5.10 Å². The molecule has 70 valence electrons. The number of benzene rings is 1. The van der Waals surface area contributed by atoms with E-state index in [1.165, 1.54) is 16.8 Å². The highest BCUT2D eigenvalue weighted by Crippen LogP contribution is 2.19. The van der Waals surface area contributed by atoms with Crippen LogP contribution in [0, 0.1) is 10.7 Å². The van der Waals surface area contributed by atoms with Crippen molar-refractivity contribution in [2.75, 3.05) is 0 Å². The first-order chi connectivity index (χ1) is 6.81. The van der Waals surface area contributed by atoms with Crippen LogP contribution in [0.1, 0.15) is 0 Å². The molecule has 14 heavy (non-hydrogen) atoms. The number of hydrogen-bond donors (Lipinski definition) is 0. The normalized spacial score (nSPS) is 10.1. The molecule has 0 unspecified atom stereocenters. The lowest BCUT2D eigenvalue weighted by atomic mass is 10.3. The van der Waals surface area contributed by atoms with Crippen molar-refractivity contribution in [2.45, 2.75) is 0 Å². The molecule has 0 aliphatic carbocycles. The smallest absolute Gasteiger partial charge is 0.151 e. The van der Waals surface area contributed by atoms with Gasteiger partial charge in [0.2, 0.25) is 0 Å². The van der Waals surface area contributed by atoms with Gasteiger partial charge < -0.3 is 0 Å². The van der Waals surface area contributed by atoms with Crippen molar-refractivity contribution in [1.29, 1.82) is 0 Å². The van der Waals surface area contributed by atoms with Crippen LogP contribution >= 0.6 is 0 Å². The minimum atomic E-state index is -0.522. The van der Waals surface area contributed by atoms with Gasteiger partial charge in [-0.05, 0) is 23.4 Å². The number of aromatic nitrogens is 2. The van der Waals surface area contributed by atoms with Gasteiger partial charge in [-0.25, -0.2) is 9.07 Å². The lowest BCUT2D eigenvalue weighted by Gasteiger charge is -2.02. The van der Waals surface area contributed by atoms with Crippen LogP contribution in [0.4, 0.5) is 10.1 Å². The van der Waals surface area contributed by atoms with Gasteiger partial charge in [0.25, 0.3) is 0 Å². The summed E-state index contributed by atoms with van der Waals surface area (Å²) in [5.41, 5.74) is 0.362. The minimum absolute atomic E-state index is 0.0680. The van der Waals surface area contributed by atoms with Crippen molar-refractivity contribution >= 4 is 5.69 Å². The second kappa shape index (κ2) is 3.37. The number of halogens is 1. The van der Waals surface area contributed by atoms with Gasteiger partial charge in [-0.15, -0.1) is 4.91 Å². The molecule has 0 saturated heterocycles. The molecule has 0 amide bonds. The Labute approximate surface area is 79.0 Å². The van der Waals surface area contributed by atoms with Crippen LogP contribution in [0.5, 0.6) is 0 Å². The maximum absolute atomic E-state index is 13.3. The second-order valence-corrected chi connectivity index (χ2v) is 2.68. The molecule has 0 spiro atoms. The Morgan fingerprint density at radius 1 is 1.43 bits per heavy atom. The van der Waals surface area contributed by atoms with Crippen molar-refractivity contribution in [3.63, 3.8) is 0 Å². The van der Waals surface area contributed by atoms with Crippen LogP contribution in [-0.2, 0) is 0 Å². The Balaban J connectivity index is 2.51. The van der Waals surface area contributed by atoms with Crippen LogP contribution in [0.15, 0.2) is 41.8 Å². The van der Waals surface area contributed by atoms with Crippen LogP contribution in [-0.4, -0.2) is 9.78 Å². The Kier molecular flexibility index (Phi) is 2.06. The van der Waals surface area contributed by atoms with E-state index in [2.05, 4.69) is 10.3 Å². The van der Waals surface area contributed by atoms with E-state index in [1.807, 2.05) is 0 Å². The van der Waals surface area contributed by atoms with Gasteiger partial charge in [0.05, 0.1) is 0 Å². The van der Waals surface area contributed by atoms with Crippen LogP contribution in [0.3, 0.4) is 0 Å². The average molecular weight is 191 g/mol. The molecular weight excluding hydrogens is 185 g/mol. The maximum Gasteiger partial charge on any atom is 0.151 e. The molecule has 4 nitrogen and oxygen atoms in total. The number of rotatable bonds is 2. The summed E-state index contributed by atoms with van der Waals surface area (Å²) in [6.45, 7) is 0. The molecule has 2 rings (SSSR count). The first kappa shape index (κ1) is 8.55. The molecule has 1 aromatic carbocycles. The zero-order valence-corrected chi connectivity index (χ0v) is 7.09. The number of nitroso groups, excluding NO2 is 1. The Morgan fingerprint density at radius 2 is 2.29 bits per heavy atom. The number of hydrogen-bond acceptors (Lipinski definition) is 3. The summed E-state index contributed by atoms with van der Waals surface area (Å²) in [5, 5.41) is 6.50. The molecule has 1 heterocycles. The topological polar surface area (TPSA) is 47.2 Å². The zero-order chi connectivity index (χ0) is 9.97. The summed E-state index contributed by atoms with van der Waals surface area (Å²) >= 11 is 0.